The second-order valence-electron chi connectivity index (χ2n) is 3.20. The van der Waals surface area contributed by atoms with Gasteiger partial charge in [0.2, 0.25) is 0 Å². The molecule has 0 spiro atoms. The van der Waals surface area contributed by atoms with Crippen LogP contribution in [0.15, 0.2) is 28.7 Å². The lowest BCUT2D eigenvalue weighted by atomic mass is 9.79. The van der Waals surface area contributed by atoms with E-state index in [-0.39, 0.29) is 0 Å². The van der Waals surface area contributed by atoms with Crippen LogP contribution < -0.4 is 0 Å². The molecule has 1 aromatic rings. The molecule has 2 heteroatoms. The molecule has 1 aromatic carbocycles. The van der Waals surface area contributed by atoms with E-state index >= 15 is 0 Å². The molecule has 1 aliphatic rings. The zero-order valence-corrected chi connectivity index (χ0v) is 8.17. The Morgan fingerprint density at radius 1 is 1.17 bits per heavy atom. The second-order valence-corrected chi connectivity index (χ2v) is 4.11. The SMILES string of the molecule is O=C1CC(c2ccc(Br)cc2)C1. The molecule has 0 bridgehead atoms. The van der Waals surface area contributed by atoms with E-state index in [0.717, 1.165) is 17.3 Å². The zero-order valence-electron chi connectivity index (χ0n) is 6.59. The van der Waals surface area contributed by atoms with Gasteiger partial charge in [-0.25, -0.2) is 0 Å². The van der Waals surface area contributed by atoms with Crippen molar-refractivity contribution in [1.82, 2.24) is 0 Å². The van der Waals surface area contributed by atoms with Crippen molar-refractivity contribution in [3.05, 3.63) is 34.3 Å². The van der Waals surface area contributed by atoms with Crippen LogP contribution in [-0.2, 0) is 4.79 Å². The van der Waals surface area contributed by atoms with Gasteiger partial charge in [-0.3, -0.25) is 4.79 Å². The minimum absolute atomic E-state index is 0.392. The van der Waals surface area contributed by atoms with E-state index < -0.39 is 0 Å². The number of carbonyl (C=O) groups excluding carboxylic acids is 1. The van der Waals surface area contributed by atoms with Gasteiger partial charge in [-0.15, -0.1) is 0 Å². The molecule has 1 saturated carbocycles. The zero-order chi connectivity index (χ0) is 8.55. The fourth-order valence-electron chi connectivity index (χ4n) is 1.46. The minimum Gasteiger partial charge on any atom is -0.300 e. The van der Waals surface area contributed by atoms with Crippen molar-refractivity contribution in [3.8, 4) is 0 Å². The summed E-state index contributed by atoms with van der Waals surface area (Å²) in [6, 6.07) is 8.22. The first-order chi connectivity index (χ1) is 5.75. The van der Waals surface area contributed by atoms with E-state index in [0.29, 0.717) is 11.7 Å². The van der Waals surface area contributed by atoms with E-state index in [9.17, 15) is 4.79 Å². The van der Waals surface area contributed by atoms with Gasteiger partial charge in [0, 0.05) is 17.3 Å². The van der Waals surface area contributed by atoms with Crippen LogP contribution in [0.3, 0.4) is 0 Å². The maximum atomic E-state index is 10.7. The molecule has 0 amide bonds. The Morgan fingerprint density at radius 3 is 2.25 bits per heavy atom. The number of ketones is 1. The van der Waals surface area contributed by atoms with Gasteiger partial charge >= 0.3 is 0 Å². The van der Waals surface area contributed by atoms with Gasteiger partial charge in [-0.1, -0.05) is 28.1 Å². The molecule has 2 rings (SSSR count). The summed E-state index contributed by atoms with van der Waals surface area (Å²) < 4.78 is 1.09. The molecule has 0 saturated heterocycles. The second kappa shape index (κ2) is 3.02. The normalized spacial score (nSPS) is 17.6. The molecule has 1 fully saturated rings. The van der Waals surface area contributed by atoms with Crippen LogP contribution >= 0.6 is 15.9 Å². The molecule has 1 aliphatic carbocycles. The first-order valence-corrected chi connectivity index (χ1v) is 4.82. The third kappa shape index (κ3) is 1.44. The highest BCUT2D eigenvalue weighted by Crippen LogP contribution is 2.33. The highest BCUT2D eigenvalue weighted by Gasteiger charge is 2.27. The fraction of sp³-hybridized carbons (Fsp3) is 0.300. The summed E-state index contributed by atoms with van der Waals surface area (Å²) >= 11 is 3.38. The van der Waals surface area contributed by atoms with Gasteiger partial charge in [0.05, 0.1) is 0 Å². The Hall–Kier alpha value is -0.630. The first-order valence-electron chi connectivity index (χ1n) is 4.03. The van der Waals surface area contributed by atoms with E-state index in [1.165, 1.54) is 5.56 Å². The molecular weight excluding hydrogens is 216 g/mol. The topological polar surface area (TPSA) is 17.1 Å². The predicted octanol–water partition coefficient (Wildman–Crippen LogP) is 2.90. The first kappa shape index (κ1) is 7.99. The molecule has 12 heavy (non-hydrogen) atoms. The fourth-order valence-corrected chi connectivity index (χ4v) is 1.72. The average Bonchev–Trinajstić information content (AvgIpc) is 2.01. The lowest BCUT2D eigenvalue weighted by Gasteiger charge is -2.24. The maximum absolute atomic E-state index is 10.7. The quantitative estimate of drug-likeness (QED) is 0.718. The number of Topliss-reactive ketones (excluding diaryl/α,β-unsaturated/α-hetero) is 1. The Balaban J connectivity index is 2.14. The molecule has 0 heterocycles. The van der Waals surface area contributed by atoms with Crippen LogP contribution in [0, 0.1) is 0 Å². The van der Waals surface area contributed by atoms with Gasteiger partial charge in [0.25, 0.3) is 0 Å². The number of benzene rings is 1. The Morgan fingerprint density at radius 2 is 1.75 bits per heavy atom. The highest BCUT2D eigenvalue weighted by atomic mass is 79.9. The van der Waals surface area contributed by atoms with Gasteiger partial charge in [0.15, 0.2) is 0 Å². The lowest BCUT2D eigenvalue weighted by Crippen LogP contribution is -2.20. The average molecular weight is 225 g/mol. The van der Waals surface area contributed by atoms with E-state index in [1.807, 2.05) is 12.1 Å². The molecule has 0 unspecified atom stereocenters. The number of hydrogen-bond acceptors (Lipinski definition) is 1. The molecule has 0 radical (unpaired) electrons. The summed E-state index contributed by atoms with van der Waals surface area (Å²) in [5.74, 6) is 0.883. The lowest BCUT2D eigenvalue weighted by molar-refractivity contribution is -0.124. The standard InChI is InChI=1S/C10H9BrO/c11-9-3-1-7(2-4-9)8-5-10(12)6-8/h1-4,8H,5-6H2. The Bertz CT molecular complexity index is 294. The van der Waals surface area contributed by atoms with Crippen molar-refractivity contribution in [2.45, 2.75) is 18.8 Å². The van der Waals surface area contributed by atoms with E-state index in [4.69, 9.17) is 0 Å². The summed E-state index contributed by atoms with van der Waals surface area (Å²) in [6.07, 6.45) is 1.48. The molecular formula is C10H9BrO. The van der Waals surface area contributed by atoms with Gasteiger partial charge < -0.3 is 0 Å². The Labute approximate surface area is 79.9 Å². The van der Waals surface area contributed by atoms with Gasteiger partial charge in [-0.2, -0.15) is 0 Å². The van der Waals surface area contributed by atoms with Gasteiger partial charge in [0.1, 0.15) is 5.78 Å². The summed E-state index contributed by atoms with van der Waals surface area (Å²) in [5, 5.41) is 0. The predicted molar refractivity (Wildman–Crippen MR) is 51.1 cm³/mol. The molecule has 1 nitrogen and oxygen atoms in total. The number of rotatable bonds is 1. The monoisotopic (exact) mass is 224 g/mol. The maximum Gasteiger partial charge on any atom is 0.134 e. The summed E-state index contributed by atoms with van der Waals surface area (Å²) in [4.78, 5) is 10.7. The smallest absolute Gasteiger partial charge is 0.134 e. The van der Waals surface area contributed by atoms with Crippen LogP contribution in [0.2, 0.25) is 0 Å². The number of hydrogen-bond donors (Lipinski definition) is 0. The molecule has 0 aromatic heterocycles. The van der Waals surface area contributed by atoms with Crippen molar-refractivity contribution < 1.29 is 4.79 Å². The van der Waals surface area contributed by atoms with Crippen molar-refractivity contribution in [2.24, 2.45) is 0 Å². The van der Waals surface area contributed by atoms with Crippen LogP contribution in [0.5, 0.6) is 0 Å². The van der Waals surface area contributed by atoms with Crippen LogP contribution in [0.4, 0.5) is 0 Å². The Kier molecular flexibility index (Phi) is 2.01. The third-order valence-electron chi connectivity index (χ3n) is 2.29. The van der Waals surface area contributed by atoms with Crippen molar-refractivity contribution in [1.29, 1.82) is 0 Å². The van der Waals surface area contributed by atoms with Crippen LogP contribution in [0.1, 0.15) is 24.3 Å². The third-order valence-corrected chi connectivity index (χ3v) is 2.82. The molecule has 0 N–H and O–H groups in total. The van der Waals surface area contributed by atoms with Crippen molar-refractivity contribution in [2.75, 3.05) is 0 Å². The molecule has 0 aliphatic heterocycles. The van der Waals surface area contributed by atoms with Gasteiger partial charge in [-0.05, 0) is 23.6 Å². The number of halogens is 1. The minimum atomic E-state index is 0.392. The summed E-state index contributed by atoms with van der Waals surface area (Å²) in [5.41, 5.74) is 1.29. The largest absolute Gasteiger partial charge is 0.300 e. The van der Waals surface area contributed by atoms with Crippen LogP contribution in [-0.4, -0.2) is 5.78 Å². The molecule has 62 valence electrons. The summed E-state index contributed by atoms with van der Waals surface area (Å²) in [7, 11) is 0. The van der Waals surface area contributed by atoms with Crippen LogP contribution in [0.25, 0.3) is 0 Å². The van der Waals surface area contributed by atoms with Crippen molar-refractivity contribution >= 4 is 21.7 Å². The summed E-state index contributed by atoms with van der Waals surface area (Å²) in [6.45, 7) is 0. The molecule has 0 atom stereocenters. The number of carbonyl (C=O) groups is 1. The van der Waals surface area contributed by atoms with E-state index in [2.05, 4.69) is 28.1 Å². The highest BCUT2D eigenvalue weighted by molar-refractivity contribution is 9.10. The van der Waals surface area contributed by atoms with E-state index in [1.54, 1.807) is 0 Å². The van der Waals surface area contributed by atoms with Crippen molar-refractivity contribution in [3.63, 3.8) is 0 Å².